The predicted octanol–water partition coefficient (Wildman–Crippen LogP) is 1.72. The van der Waals surface area contributed by atoms with Gasteiger partial charge < -0.3 is 14.2 Å². The van der Waals surface area contributed by atoms with E-state index in [1.807, 2.05) is 45.9 Å². The van der Waals surface area contributed by atoms with Gasteiger partial charge in [0.05, 0.1) is 12.2 Å². The summed E-state index contributed by atoms with van der Waals surface area (Å²) in [4.78, 5) is 0. The van der Waals surface area contributed by atoms with Crippen LogP contribution >= 0.6 is 0 Å². The topological polar surface area (TPSA) is 77.1 Å². The standard InChI is InChI=1S/C18H28N2O5S/c1-13-11-20(12-14(2)24-13)26(21,22)19-8-9-23-16-7-5-6-15-10-18(3,4)25-17(15)16/h5-7,13-14,19H,8-12H2,1-4H3/t13-,14-/m0/s1. The van der Waals surface area contributed by atoms with Crippen molar-refractivity contribution < 1.29 is 22.6 Å². The lowest BCUT2D eigenvalue weighted by atomic mass is 10.0. The molecule has 0 aromatic heterocycles. The summed E-state index contributed by atoms with van der Waals surface area (Å²) in [6.45, 7) is 8.96. The molecule has 1 N–H and O–H groups in total. The lowest BCUT2D eigenvalue weighted by molar-refractivity contribution is -0.0444. The Morgan fingerprint density at radius 2 is 1.96 bits per heavy atom. The smallest absolute Gasteiger partial charge is 0.279 e. The van der Waals surface area contributed by atoms with E-state index in [0.29, 0.717) is 18.8 Å². The van der Waals surface area contributed by atoms with Gasteiger partial charge in [-0.05, 0) is 33.8 Å². The zero-order valence-corrected chi connectivity index (χ0v) is 16.6. The van der Waals surface area contributed by atoms with E-state index in [4.69, 9.17) is 14.2 Å². The Kier molecular flexibility index (Phi) is 5.48. The zero-order valence-electron chi connectivity index (χ0n) is 15.8. The van der Waals surface area contributed by atoms with E-state index in [0.717, 1.165) is 17.7 Å². The van der Waals surface area contributed by atoms with Crippen LogP contribution in [0.1, 0.15) is 33.3 Å². The Balaban J connectivity index is 1.53. The lowest BCUT2D eigenvalue weighted by Gasteiger charge is -2.34. The average Bonchev–Trinajstić information content (AvgIpc) is 2.85. The maximum absolute atomic E-state index is 12.4. The first-order chi connectivity index (χ1) is 12.2. The molecule has 1 fully saturated rings. The number of nitrogens with zero attached hydrogens (tertiary/aromatic N) is 1. The summed E-state index contributed by atoms with van der Waals surface area (Å²) in [6.07, 6.45) is 0.609. The van der Waals surface area contributed by atoms with Gasteiger partial charge in [0.1, 0.15) is 12.2 Å². The van der Waals surface area contributed by atoms with Crippen molar-refractivity contribution in [3.8, 4) is 11.5 Å². The summed E-state index contributed by atoms with van der Waals surface area (Å²) in [6, 6.07) is 5.81. The fourth-order valence-corrected chi connectivity index (χ4v) is 4.79. The molecule has 0 radical (unpaired) electrons. The molecule has 1 aromatic carbocycles. The molecule has 7 nitrogen and oxygen atoms in total. The maximum atomic E-state index is 12.4. The second-order valence-electron chi connectivity index (χ2n) is 7.61. The summed E-state index contributed by atoms with van der Waals surface area (Å²) >= 11 is 0. The SMILES string of the molecule is C[C@H]1CN(S(=O)(=O)NCCOc2cccc3c2OC(C)(C)C3)C[C@H](C)O1. The third-order valence-corrected chi connectivity index (χ3v) is 5.97. The van der Waals surface area contributed by atoms with Crippen molar-refractivity contribution in [2.45, 2.75) is 51.9 Å². The number of hydrogen-bond acceptors (Lipinski definition) is 5. The molecule has 0 unspecified atom stereocenters. The van der Waals surface area contributed by atoms with Gasteiger partial charge in [0.2, 0.25) is 0 Å². The Labute approximate surface area is 155 Å². The zero-order chi connectivity index (χ0) is 18.9. The number of benzene rings is 1. The lowest BCUT2D eigenvalue weighted by Crippen LogP contribution is -2.52. The van der Waals surface area contributed by atoms with E-state index < -0.39 is 10.2 Å². The molecule has 0 amide bonds. The van der Waals surface area contributed by atoms with Crippen LogP contribution in [-0.4, -0.2) is 56.8 Å². The molecule has 2 heterocycles. The minimum atomic E-state index is -3.54. The number of fused-ring (bicyclic) bond motifs is 1. The summed E-state index contributed by atoms with van der Waals surface area (Å²) in [5.74, 6) is 1.41. The number of morpholine rings is 1. The van der Waals surface area contributed by atoms with Crippen molar-refractivity contribution in [3.05, 3.63) is 23.8 Å². The van der Waals surface area contributed by atoms with E-state index in [2.05, 4.69) is 4.72 Å². The van der Waals surface area contributed by atoms with Crippen LogP contribution in [0, 0.1) is 0 Å². The van der Waals surface area contributed by atoms with Gasteiger partial charge in [-0.15, -0.1) is 0 Å². The molecule has 0 saturated carbocycles. The number of ether oxygens (including phenoxy) is 3. The monoisotopic (exact) mass is 384 g/mol. The van der Waals surface area contributed by atoms with E-state index in [-0.39, 0.29) is 31.0 Å². The van der Waals surface area contributed by atoms with Gasteiger partial charge in [0.15, 0.2) is 11.5 Å². The molecular formula is C18H28N2O5S. The second-order valence-corrected chi connectivity index (χ2v) is 9.36. The Hall–Kier alpha value is -1.35. The first kappa shape index (κ1) is 19.4. The Morgan fingerprint density at radius 1 is 1.27 bits per heavy atom. The van der Waals surface area contributed by atoms with E-state index >= 15 is 0 Å². The molecule has 1 saturated heterocycles. The predicted molar refractivity (Wildman–Crippen MR) is 98.9 cm³/mol. The number of nitrogens with one attached hydrogen (secondary N) is 1. The quantitative estimate of drug-likeness (QED) is 0.756. The first-order valence-electron chi connectivity index (χ1n) is 9.00. The first-order valence-corrected chi connectivity index (χ1v) is 10.4. The Morgan fingerprint density at radius 3 is 2.65 bits per heavy atom. The van der Waals surface area contributed by atoms with Crippen LogP contribution in [-0.2, 0) is 21.4 Å². The van der Waals surface area contributed by atoms with Crippen molar-refractivity contribution in [1.29, 1.82) is 0 Å². The molecule has 0 bridgehead atoms. The molecule has 2 aliphatic rings. The van der Waals surface area contributed by atoms with Crippen molar-refractivity contribution >= 4 is 10.2 Å². The van der Waals surface area contributed by atoms with Gasteiger partial charge >= 0.3 is 0 Å². The highest BCUT2D eigenvalue weighted by Gasteiger charge is 2.33. The van der Waals surface area contributed by atoms with E-state index in [9.17, 15) is 8.42 Å². The molecule has 1 aromatic rings. The van der Waals surface area contributed by atoms with Gasteiger partial charge in [-0.25, -0.2) is 0 Å². The van der Waals surface area contributed by atoms with E-state index in [1.54, 1.807) is 0 Å². The minimum Gasteiger partial charge on any atom is -0.488 e. The summed E-state index contributed by atoms with van der Waals surface area (Å²) in [7, 11) is -3.54. The minimum absolute atomic E-state index is 0.112. The van der Waals surface area contributed by atoms with Gasteiger partial charge in [0, 0.05) is 31.6 Å². The maximum Gasteiger partial charge on any atom is 0.279 e. The van der Waals surface area contributed by atoms with Gasteiger partial charge in [-0.1, -0.05) is 12.1 Å². The van der Waals surface area contributed by atoms with Gasteiger partial charge in [-0.2, -0.15) is 17.4 Å². The highest BCUT2D eigenvalue weighted by molar-refractivity contribution is 7.87. The third-order valence-electron chi connectivity index (χ3n) is 4.43. The van der Waals surface area contributed by atoms with Crippen molar-refractivity contribution in [1.82, 2.24) is 9.03 Å². The Bertz CT molecular complexity index is 740. The van der Waals surface area contributed by atoms with Crippen LogP contribution in [0.2, 0.25) is 0 Å². The molecular weight excluding hydrogens is 356 g/mol. The van der Waals surface area contributed by atoms with Crippen LogP contribution in [0.3, 0.4) is 0 Å². The van der Waals surface area contributed by atoms with Crippen LogP contribution in [0.4, 0.5) is 0 Å². The third kappa shape index (κ3) is 4.49. The molecule has 2 aliphatic heterocycles. The fraction of sp³-hybridized carbons (Fsp3) is 0.667. The molecule has 3 rings (SSSR count). The highest BCUT2D eigenvalue weighted by Crippen LogP contribution is 2.41. The summed E-state index contributed by atoms with van der Waals surface area (Å²) in [5, 5.41) is 0. The highest BCUT2D eigenvalue weighted by atomic mass is 32.2. The van der Waals surface area contributed by atoms with Crippen LogP contribution in [0.25, 0.3) is 0 Å². The second kappa shape index (κ2) is 7.34. The van der Waals surface area contributed by atoms with Gasteiger partial charge in [0.25, 0.3) is 10.2 Å². The van der Waals surface area contributed by atoms with Crippen LogP contribution in [0.15, 0.2) is 18.2 Å². The van der Waals surface area contributed by atoms with Crippen LogP contribution in [0.5, 0.6) is 11.5 Å². The number of rotatable bonds is 6. The van der Waals surface area contributed by atoms with Crippen LogP contribution < -0.4 is 14.2 Å². The summed E-state index contributed by atoms with van der Waals surface area (Å²) in [5.41, 5.74) is 0.872. The van der Waals surface area contributed by atoms with E-state index in [1.165, 1.54) is 4.31 Å². The molecule has 0 spiro atoms. The van der Waals surface area contributed by atoms with Crippen molar-refractivity contribution in [3.63, 3.8) is 0 Å². The van der Waals surface area contributed by atoms with Gasteiger partial charge in [-0.3, -0.25) is 0 Å². The largest absolute Gasteiger partial charge is 0.488 e. The molecule has 26 heavy (non-hydrogen) atoms. The average molecular weight is 384 g/mol. The molecule has 8 heteroatoms. The normalized spacial score (nSPS) is 25.5. The summed E-state index contributed by atoms with van der Waals surface area (Å²) < 4.78 is 46.2. The number of hydrogen-bond donors (Lipinski definition) is 1. The fourth-order valence-electron chi connectivity index (χ4n) is 3.45. The number of para-hydroxylation sites is 1. The molecule has 2 atom stereocenters. The molecule has 146 valence electrons. The molecule has 0 aliphatic carbocycles. The van der Waals surface area contributed by atoms with Crippen molar-refractivity contribution in [2.24, 2.45) is 0 Å². The van der Waals surface area contributed by atoms with Crippen molar-refractivity contribution in [2.75, 3.05) is 26.2 Å².